The van der Waals surface area contributed by atoms with Crippen molar-refractivity contribution in [2.24, 2.45) is 0 Å². The number of para-hydroxylation sites is 2. The predicted molar refractivity (Wildman–Crippen MR) is 153 cm³/mol. The van der Waals surface area contributed by atoms with Crippen LogP contribution < -0.4 is 15.3 Å². The molecule has 42 heavy (non-hydrogen) atoms. The number of carboxylic acid groups (broad SMARTS) is 2. The van der Waals surface area contributed by atoms with Gasteiger partial charge in [0.05, 0.1) is 11.0 Å². The van der Waals surface area contributed by atoms with E-state index in [0.29, 0.717) is 10.8 Å². The van der Waals surface area contributed by atoms with Crippen LogP contribution in [0.4, 0.5) is 0 Å². The van der Waals surface area contributed by atoms with Crippen molar-refractivity contribution in [3.63, 3.8) is 0 Å². The number of hydrogen-bond acceptors (Lipinski definition) is 7. The third-order valence-electron chi connectivity index (χ3n) is 5.77. The normalized spacial score (nSPS) is 9.90. The van der Waals surface area contributed by atoms with Crippen molar-refractivity contribution < 1.29 is 35.1 Å². The molecule has 0 unspecified atom stereocenters. The zero-order valence-corrected chi connectivity index (χ0v) is 23.0. The molecular formula is C32H21AlN2O7. The maximum absolute atomic E-state index is 11.3. The molecule has 9 nitrogen and oxygen atoms in total. The third-order valence-corrected chi connectivity index (χ3v) is 5.77. The first-order valence-electron chi connectivity index (χ1n) is 12.2. The molecule has 0 saturated carbocycles. The number of nitrogens with zero attached hydrogens (tertiary/aromatic N) is 2. The van der Waals surface area contributed by atoms with Crippen LogP contribution in [0.25, 0.3) is 32.9 Å². The van der Waals surface area contributed by atoms with Crippen molar-refractivity contribution in [3.05, 3.63) is 127 Å². The quantitative estimate of drug-likeness (QED) is 0.297. The molecule has 0 saturated heterocycles. The Morgan fingerprint density at radius 1 is 0.500 bits per heavy atom. The molecule has 0 bridgehead atoms. The van der Waals surface area contributed by atoms with Crippen LogP contribution in [0.3, 0.4) is 0 Å². The molecular weight excluding hydrogens is 551 g/mol. The van der Waals surface area contributed by atoms with Gasteiger partial charge in [0, 0.05) is 0 Å². The standard InChI is InChI=1S/C12H10O.2C10H7NO3.Al/c13-12-8-6-11(7-9-12)10-4-2-1-3-5-10;2*12-8-3-1-2-6-4-5-7(10(13)14)11-9(6)8;/h1-9,13H;2*1-5,12H,(H,13,14);/q;;;+3/p-3. The Morgan fingerprint density at radius 2 is 0.929 bits per heavy atom. The second-order valence-electron chi connectivity index (χ2n) is 8.55. The summed E-state index contributed by atoms with van der Waals surface area (Å²) in [5.41, 5.74) is 2.41. The summed E-state index contributed by atoms with van der Waals surface area (Å²) in [7, 11) is 0. The third kappa shape index (κ3) is 7.82. The molecule has 2 aromatic heterocycles. The Hall–Kier alpha value is -5.43. The smallest absolute Gasteiger partial charge is 0.872 e. The van der Waals surface area contributed by atoms with Gasteiger partial charge in [-0.05, 0) is 34.0 Å². The fourth-order valence-corrected chi connectivity index (χ4v) is 3.76. The van der Waals surface area contributed by atoms with E-state index in [9.17, 15) is 24.9 Å². The van der Waals surface area contributed by atoms with Crippen molar-refractivity contribution in [1.82, 2.24) is 9.97 Å². The van der Waals surface area contributed by atoms with E-state index in [1.54, 1.807) is 48.5 Å². The number of carboxylic acids is 2. The van der Waals surface area contributed by atoms with Crippen LogP contribution in [0, 0.1) is 0 Å². The summed E-state index contributed by atoms with van der Waals surface area (Å²) >= 11 is 0. The van der Waals surface area contributed by atoms with Gasteiger partial charge in [-0.1, -0.05) is 115 Å². The molecule has 0 fully saturated rings. The van der Waals surface area contributed by atoms with E-state index in [0.717, 1.165) is 11.1 Å². The van der Waals surface area contributed by atoms with Crippen LogP contribution in [-0.2, 0) is 0 Å². The first-order chi connectivity index (χ1) is 19.7. The number of benzene rings is 4. The van der Waals surface area contributed by atoms with E-state index >= 15 is 0 Å². The number of aromatic nitrogens is 2. The molecule has 6 aromatic rings. The van der Waals surface area contributed by atoms with Crippen molar-refractivity contribution in [1.29, 1.82) is 0 Å². The Kier molecular flexibility index (Phi) is 10.6. The molecule has 10 heteroatoms. The number of rotatable bonds is 3. The maximum atomic E-state index is 11.3. The van der Waals surface area contributed by atoms with Gasteiger partial charge in [0.2, 0.25) is 0 Å². The van der Waals surface area contributed by atoms with E-state index in [2.05, 4.69) is 9.97 Å². The largest absolute Gasteiger partial charge is 3.00 e. The average Bonchev–Trinajstić information content (AvgIpc) is 2.99. The first-order valence-corrected chi connectivity index (χ1v) is 12.2. The minimum absolute atomic E-state index is 0. The monoisotopic (exact) mass is 572 g/mol. The molecule has 0 atom stereocenters. The molecule has 2 heterocycles. The first kappa shape index (κ1) is 31.1. The summed E-state index contributed by atoms with van der Waals surface area (Å²) in [4.78, 5) is 28.7. The fraction of sp³-hybridized carbons (Fsp3) is 0. The van der Waals surface area contributed by atoms with Crippen molar-refractivity contribution in [2.75, 3.05) is 0 Å². The molecule has 0 aliphatic heterocycles. The molecule has 0 spiro atoms. The van der Waals surface area contributed by atoms with Gasteiger partial charge in [-0.15, -0.1) is 5.75 Å². The number of hydrogen-bond donors (Lipinski definition) is 2. The maximum Gasteiger partial charge on any atom is 3.00 e. The number of fused-ring (bicyclic) bond motifs is 2. The zero-order valence-electron chi connectivity index (χ0n) is 21.9. The van der Waals surface area contributed by atoms with Crippen LogP contribution in [0.1, 0.15) is 21.0 Å². The van der Waals surface area contributed by atoms with Crippen LogP contribution >= 0.6 is 0 Å². The van der Waals surface area contributed by atoms with Gasteiger partial charge in [-0.2, -0.15) is 0 Å². The van der Waals surface area contributed by atoms with E-state index in [-0.39, 0.29) is 57.0 Å². The molecule has 2 N–H and O–H groups in total. The predicted octanol–water partition coefficient (Wildman–Crippen LogP) is 4.06. The van der Waals surface area contributed by atoms with Gasteiger partial charge < -0.3 is 25.5 Å². The Labute approximate surface area is 250 Å². The summed E-state index contributed by atoms with van der Waals surface area (Å²) in [5.74, 6) is -2.72. The molecule has 0 aliphatic carbocycles. The van der Waals surface area contributed by atoms with E-state index < -0.39 is 11.9 Å². The summed E-state index contributed by atoms with van der Waals surface area (Å²) in [6.45, 7) is 0. The fourth-order valence-electron chi connectivity index (χ4n) is 3.76. The molecule has 0 aliphatic rings. The van der Waals surface area contributed by atoms with Gasteiger partial charge >= 0.3 is 29.3 Å². The van der Waals surface area contributed by atoms with Gasteiger partial charge in [0.25, 0.3) is 0 Å². The van der Waals surface area contributed by atoms with E-state index in [4.69, 9.17) is 10.2 Å². The van der Waals surface area contributed by atoms with Gasteiger partial charge in [-0.25, -0.2) is 19.6 Å². The van der Waals surface area contributed by atoms with Crippen molar-refractivity contribution in [2.45, 2.75) is 0 Å². The van der Waals surface area contributed by atoms with Crippen molar-refractivity contribution in [3.8, 4) is 28.4 Å². The van der Waals surface area contributed by atoms with Crippen molar-refractivity contribution >= 4 is 51.1 Å². The van der Waals surface area contributed by atoms with Crippen LogP contribution in [0.5, 0.6) is 17.2 Å². The van der Waals surface area contributed by atoms with Crippen LogP contribution in [0.2, 0.25) is 0 Å². The Balaban J connectivity index is 0.000000171. The van der Waals surface area contributed by atoms with Gasteiger partial charge in [0.1, 0.15) is 11.4 Å². The molecule has 4 aromatic carbocycles. The van der Waals surface area contributed by atoms with Crippen LogP contribution in [0.15, 0.2) is 115 Å². The minimum atomic E-state index is -1.13. The molecule has 204 valence electrons. The average molecular weight is 573 g/mol. The number of carbonyl (C=O) groups is 2. The second kappa shape index (κ2) is 14.3. The Bertz CT molecular complexity index is 1730. The minimum Gasteiger partial charge on any atom is -0.872 e. The molecule has 0 amide bonds. The van der Waals surface area contributed by atoms with E-state index in [1.807, 2.05) is 42.5 Å². The van der Waals surface area contributed by atoms with Crippen LogP contribution in [-0.4, -0.2) is 49.5 Å². The van der Waals surface area contributed by atoms with E-state index in [1.165, 1.54) is 24.3 Å². The number of pyridine rings is 2. The molecule has 0 radical (unpaired) electrons. The summed E-state index contributed by atoms with van der Waals surface area (Å²) in [6.07, 6.45) is 0. The summed E-state index contributed by atoms with van der Waals surface area (Å²) in [6, 6.07) is 32.2. The summed E-state index contributed by atoms with van der Waals surface area (Å²) in [5, 5.41) is 52.1. The SMILES string of the molecule is O=C(O)c1ccc2cccc([O-])c2n1.O=C(O)c1ccc2cccc([O-])c2n1.[Al+3].[O-]c1ccc(-c2ccccc2)cc1. The molecule has 6 rings (SSSR count). The topological polar surface area (TPSA) is 170 Å². The summed E-state index contributed by atoms with van der Waals surface area (Å²) < 4.78 is 0. The van der Waals surface area contributed by atoms with Gasteiger partial charge in [0.15, 0.2) is 0 Å². The Morgan fingerprint density at radius 3 is 1.36 bits per heavy atom. The van der Waals surface area contributed by atoms with Gasteiger partial charge in [-0.3, -0.25) is 0 Å². The second-order valence-corrected chi connectivity index (χ2v) is 8.55. The number of aromatic carboxylic acids is 2. The zero-order chi connectivity index (χ0) is 29.4.